The van der Waals surface area contributed by atoms with Crippen LogP contribution in [0.2, 0.25) is 5.02 Å². The smallest absolute Gasteiger partial charge is 0.278 e. The summed E-state index contributed by atoms with van der Waals surface area (Å²) in [6.45, 7) is 2.62. The fourth-order valence-corrected chi connectivity index (χ4v) is 3.65. The van der Waals surface area contributed by atoms with Crippen LogP contribution in [0.4, 0.5) is 5.69 Å². The van der Waals surface area contributed by atoms with E-state index in [-0.39, 0.29) is 5.91 Å². The molecule has 1 N–H and O–H groups in total. The predicted molar refractivity (Wildman–Crippen MR) is 131 cm³/mol. The number of imidazole rings is 1. The first-order valence-corrected chi connectivity index (χ1v) is 11.0. The molecule has 0 aliphatic carbocycles. The lowest BCUT2D eigenvalue weighted by Crippen LogP contribution is -2.11. The van der Waals surface area contributed by atoms with E-state index in [1.54, 1.807) is 30.6 Å². The number of aromatic nitrogens is 4. The molecule has 5 aromatic rings. The summed E-state index contributed by atoms with van der Waals surface area (Å²) < 4.78 is 7.37. The van der Waals surface area contributed by atoms with Crippen LogP contribution in [0.25, 0.3) is 23.0 Å². The summed E-state index contributed by atoms with van der Waals surface area (Å²) >= 11 is 5.88. The molecule has 2 heterocycles. The van der Waals surface area contributed by atoms with Gasteiger partial charge in [-0.2, -0.15) is 4.98 Å². The Kier molecular flexibility index (Phi) is 5.93. The lowest BCUT2D eigenvalue weighted by atomic mass is 10.1. The summed E-state index contributed by atoms with van der Waals surface area (Å²) in [6.07, 6.45) is 3.59. The number of hydrogen-bond acceptors (Lipinski definition) is 5. The van der Waals surface area contributed by atoms with Crippen molar-refractivity contribution in [1.82, 2.24) is 19.7 Å². The number of carbonyl (C=O) groups excluding carboxylic acids is 1. The molecule has 0 saturated carbocycles. The van der Waals surface area contributed by atoms with E-state index in [0.717, 1.165) is 16.7 Å². The third-order valence-corrected chi connectivity index (χ3v) is 5.60. The molecule has 168 valence electrons. The molecule has 0 atom stereocenters. The molecule has 8 heteroatoms. The molecule has 34 heavy (non-hydrogen) atoms. The molecule has 0 spiro atoms. The van der Waals surface area contributed by atoms with E-state index in [2.05, 4.69) is 20.4 Å². The Bertz CT molecular complexity index is 1440. The molecule has 7 nitrogen and oxygen atoms in total. The first kappa shape index (κ1) is 21.6. The molecule has 2 aromatic heterocycles. The minimum absolute atomic E-state index is 0.187. The van der Waals surface area contributed by atoms with Gasteiger partial charge in [0.1, 0.15) is 5.69 Å². The van der Waals surface area contributed by atoms with Gasteiger partial charge in [-0.25, -0.2) is 4.98 Å². The van der Waals surface area contributed by atoms with Crippen molar-refractivity contribution >= 4 is 23.2 Å². The van der Waals surface area contributed by atoms with Crippen LogP contribution in [0.15, 0.2) is 89.8 Å². The highest BCUT2D eigenvalue weighted by atomic mass is 35.5. The van der Waals surface area contributed by atoms with E-state index in [9.17, 15) is 4.79 Å². The fraction of sp³-hybridized carbons (Fsp3) is 0.0769. The van der Waals surface area contributed by atoms with Gasteiger partial charge in [0.2, 0.25) is 5.82 Å². The van der Waals surface area contributed by atoms with E-state index < -0.39 is 0 Å². The topological polar surface area (TPSA) is 85.8 Å². The third-order valence-electron chi connectivity index (χ3n) is 5.35. The van der Waals surface area contributed by atoms with Crippen molar-refractivity contribution in [2.45, 2.75) is 13.5 Å². The van der Waals surface area contributed by atoms with Gasteiger partial charge in [0.25, 0.3) is 11.8 Å². The summed E-state index contributed by atoms with van der Waals surface area (Å²) in [4.78, 5) is 21.3. The van der Waals surface area contributed by atoms with Crippen molar-refractivity contribution in [2.75, 3.05) is 5.32 Å². The second-order valence-electron chi connectivity index (χ2n) is 7.83. The van der Waals surface area contributed by atoms with Gasteiger partial charge >= 0.3 is 0 Å². The Balaban J connectivity index is 1.24. The fourth-order valence-electron chi connectivity index (χ4n) is 3.53. The van der Waals surface area contributed by atoms with Gasteiger partial charge in [0.15, 0.2) is 0 Å². The number of carbonyl (C=O) groups is 1. The van der Waals surface area contributed by atoms with Crippen LogP contribution < -0.4 is 5.32 Å². The molecular weight excluding hydrogens is 450 g/mol. The van der Waals surface area contributed by atoms with Crippen LogP contribution in [0.5, 0.6) is 0 Å². The maximum Gasteiger partial charge on any atom is 0.278 e. The molecule has 0 bridgehead atoms. The zero-order chi connectivity index (χ0) is 23.5. The molecule has 0 fully saturated rings. The Morgan fingerprint density at radius 1 is 1.03 bits per heavy atom. The highest BCUT2D eigenvalue weighted by Gasteiger charge is 2.14. The average molecular weight is 470 g/mol. The highest BCUT2D eigenvalue weighted by molar-refractivity contribution is 6.30. The van der Waals surface area contributed by atoms with Crippen LogP contribution in [-0.4, -0.2) is 25.6 Å². The Morgan fingerprint density at radius 2 is 1.79 bits per heavy atom. The van der Waals surface area contributed by atoms with Gasteiger partial charge < -0.3 is 14.4 Å². The molecule has 0 saturated heterocycles. The summed E-state index contributed by atoms with van der Waals surface area (Å²) in [5, 5.41) is 7.58. The van der Waals surface area contributed by atoms with Crippen molar-refractivity contribution < 1.29 is 9.32 Å². The molecule has 3 aromatic carbocycles. The number of halogens is 1. The largest absolute Gasteiger partial charge is 0.332 e. The van der Waals surface area contributed by atoms with E-state index in [1.807, 2.05) is 66.2 Å². The number of nitrogens with one attached hydrogen (secondary N) is 1. The van der Waals surface area contributed by atoms with Gasteiger partial charge in [-0.1, -0.05) is 53.2 Å². The molecule has 1 amide bonds. The van der Waals surface area contributed by atoms with Gasteiger partial charge in [-0.15, -0.1) is 0 Å². The lowest BCUT2D eigenvalue weighted by Gasteiger charge is -2.07. The van der Waals surface area contributed by atoms with Crippen molar-refractivity contribution in [3.05, 3.63) is 107 Å². The Labute approximate surface area is 201 Å². The number of amides is 1. The number of benzene rings is 3. The van der Waals surface area contributed by atoms with Crippen molar-refractivity contribution in [3.63, 3.8) is 0 Å². The van der Waals surface area contributed by atoms with Crippen LogP contribution in [0, 0.1) is 6.92 Å². The molecule has 0 aliphatic heterocycles. The standard InChI is InChI=1S/C26H20ClN5O2/c1-17-4-2-3-5-22(17)24-30-26(34-31-24)23-15-32(16-28-23)14-18-6-12-21(13-7-18)29-25(33)19-8-10-20(27)11-9-19/h2-13,15-16H,14H2,1H3,(H,29,33). The first-order chi connectivity index (χ1) is 16.5. The summed E-state index contributed by atoms with van der Waals surface area (Å²) in [5.74, 6) is 0.726. The summed E-state index contributed by atoms with van der Waals surface area (Å²) in [7, 11) is 0. The van der Waals surface area contributed by atoms with Crippen molar-refractivity contribution in [1.29, 1.82) is 0 Å². The lowest BCUT2D eigenvalue weighted by molar-refractivity contribution is 0.102. The van der Waals surface area contributed by atoms with Gasteiger partial charge in [-0.3, -0.25) is 4.79 Å². The number of nitrogens with zero attached hydrogens (tertiary/aromatic N) is 4. The van der Waals surface area contributed by atoms with Crippen molar-refractivity contribution in [2.24, 2.45) is 0 Å². The third kappa shape index (κ3) is 4.74. The number of rotatable bonds is 6. The second-order valence-corrected chi connectivity index (χ2v) is 8.26. The minimum Gasteiger partial charge on any atom is -0.332 e. The predicted octanol–water partition coefficient (Wildman–Crippen LogP) is 5.86. The SMILES string of the molecule is Cc1ccccc1-c1noc(-c2cn(Cc3ccc(NC(=O)c4ccc(Cl)cc4)cc3)cn2)n1. The van der Waals surface area contributed by atoms with E-state index in [4.69, 9.17) is 16.1 Å². The number of anilines is 1. The zero-order valence-electron chi connectivity index (χ0n) is 18.3. The normalized spacial score (nSPS) is 10.9. The maximum absolute atomic E-state index is 12.4. The maximum atomic E-state index is 12.4. The van der Waals surface area contributed by atoms with E-state index >= 15 is 0 Å². The van der Waals surface area contributed by atoms with Gasteiger partial charge in [-0.05, 0) is 54.4 Å². The van der Waals surface area contributed by atoms with Gasteiger partial charge in [0, 0.05) is 34.6 Å². The van der Waals surface area contributed by atoms with Crippen LogP contribution in [-0.2, 0) is 6.54 Å². The quantitative estimate of drug-likeness (QED) is 0.336. The van der Waals surface area contributed by atoms with Crippen LogP contribution in [0.1, 0.15) is 21.5 Å². The molecule has 5 rings (SSSR count). The number of aryl methyl sites for hydroxylation is 1. The highest BCUT2D eigenvalue weighted by Crippen LogP contribution is 2.23. The summed E-state index contributed by atoms with van der Waals surface area (Å²) in [6, 6.07) is 22.3. The monoisotopic (exact) mass is 469 g/mol. The molecule has 0 aliphatic rings. The Hall–Kier alpha value is -4.23. The molecular formula is C26H20ClN5O2. The van der Waals surface area contributed by atoms with Crippen LogP contribution in [0.3, 0.4) is 0 Å². The second kappa shape index (κ2) is 9.33. The molecule has 0 unspecified atom stereocenters. The summed E-state index contributed by atoms with van der Waals surface area (Å²) in [5.41, 5.74) is 4.93. The number of hydrogen-bond donors (Lipinski definition) is 1. The van der Waals surface area contributed by atoms with Crippen LogP contribution >= 0.6 is 11.6 Å². The Morgan fingerprint density at radius 3 is 2.56 bits per heavy atom. The zero-order valence-corrected chi connectivity index (χ0v) is 19.0. The molecule has 0 radical (unpaired) electrons. The average Bonchev–Trinajstić information content (AvgIpc) is 3.51. The van der Waals surface area contributed by atoms with E-state index in [0.29, 0.717) is 40.2 Å². The van der Waals surface area contributed by atoms with Crippen molar-refractivity contribution in [3.8, 4) is 23.0 Å². The minimum atomic E-state index is -0.187. The van der Waals surface area contributed by atoms with E-state index in [1.165, 1.54) is 0 Å². The van der Waals surface area contributed by atoms with Gasteiger partial charge in [0.05, 0.1) is 6.33 Å². The first-order valence-electron chi connectivity index (χ1n) is 10.6.